The van der Waals surface area contributed by atoms with Crippen molar-refractivity contribution in [3.63, 3.8) is 0 Å². The first-order valence-corrected chi connectivity index (χ1v) is 10.1. The zero-order valence-electron chi connectivity index (χ0n) is 16.1. The van der Waals surface area contributed by atoms with Crippen LogP contribution in [0, 0.1) is 5.41 Å². The van der Waals surface area contributed by atoms with E-state index in [4.69, 9.17) is 4.74 Å². The van der Waals surface area contributed by atoms with Crippen LogP contribution in [-0.4, -0.2) is 64.7 Å². The number of H-pyrrole nitrogens is 1. The van der Waals surface area contributed by atoms with Crippen molar-refractivity contribution in [2.75, 3.05) is 32.8 Å². The summed E-state index contributed by atoms with van der Waals surface area (Å²) in [6, 6.07) is 0.519. The number of ether oxygens (including phenoxy) is 1. The molecule has 9 heteroatoms. The van der Waals surface area contributed by atoms with Crippen LogP contribution in [0.1, 0.15) is 56.5 Å². The Morgan fingerprint density at radius 3 is 2.64 bits per heavy atom. The summed E-state index contributed by atoms with van der Waals surface area (Å²) in [5.74, 6) is 0.519. The molecule has 1 aromatic rings. The number of imidazole rings is 1. The number of piperidine rings is 1. The molecule has 28 heavy (non-hydrogen) atoms. The Morgan fingerprint density at radius 1 is 1.32 bits per heavy atom. The molecule has 0 atom stereocenters. The highest BCUT2D eigenvalue weighted by molar-refractivity contribution is 5.68. The van der Waals surface area contributed by atoms with Gasteiger partial charge in [0.2, 0.25) is 0 Å². The van der Waals surface area contributed by atoms with Crippen LogP contribution in [0.25, 0.3) is 0 Å². The monoisotopic (exact) mass is 400 g/mol. The van der Waals surface area contributed by atoms with Gasteiger partial charge >= 0.3 is 12.3 Å². The molecule has 0 radical (unpaired) electrons. The smallest absolute Gasteiger partial charge is 0.432 e. The maximum Gasteiger partial charge on any atom is 0.432 e. The lowest BCUT2D eigenvalue weighted by molar-refractivity contribution is -0.141. The molecule has 1 saturated carbocycles. The molecule has 1 amide bonds. The van der Waals surface area contributed by atoms with E-state index in [0.717, 1.165) is 64.5 Å². The van der Waals surface area contributed by atoms with E-state index < -0.39 is 11.9 Å². The summed E-state index contributed by atoms with van der Waals surface area (Å²) in [5, 5.41) is 0. The van der Waals surface area contributed by atoms with Crippen LogP contribution >= 0.6 is 0 Å². The Morgan fingerprint density at radius 2 is 2.04 bits per heavy atom. The molecule has 3 aliphatic rings. The Bertz CT molecular complexity index is 706. The number of likely N-dealkylation sites (tertiary alicyclic amines) is 2. The van der Waals surface area contributed by atoms with E-state index in [1.807, 2.05) is 11.8 Å². The molecule has 156 valence electrons. The van der Waals surface area contributed by atoms with Crippen LogP contribution < -0.4 is 0 Å². The highest BCUT2D eigenvalue weighted by atomic mass is 19.4. The molecule has 4 rings (SSSR count). The van der Waals surface area contributed by atoms with Gasteiger partial charge in [0.05, 0.1) is 12.8 Å². The maximum atomic E-state index is 12.7. The van der Waals surface area contributed by atoms with E-state index in [-0.39, 0.29) is 17.4 Å². The van der Waals surface area contributed by atoms with Crippen molar-refractivity contribution < 1.29 is 22.7 Å². The summed E-state index contributed by atoms with van der Waals surface area (Å²) in [7, 11) is 0. The number of halogens is 3. The van der Waals surface area contributed by atoms with Crippen molar-refractivity contribution >= 4 is 6.09 Å². The van der Waals surface area contributed by atoms with Gasteiger partial charge in [-0.3, -0.25) is 0 Å². The third kappa shape index (κ3) is 3.73. The quantitative estimate of drug-likeness (QED) is 0.842. The number of aromatic amines is 1. The topological polar surface area (TPSA) is 61.5 Å². The van der Waals surface area contributed by atoms with Crippen LogP contribution in [0.4, 0.5) is 18.0 Å². The largest absolute Gasteiger partial charge is 0.450 e. The van der Waals surface area contributed by atoms with Gasteiger partial charge in [0.1, 0.15) is 11.5 Å². The van der Waals surface area contributed by atoms with E-state index in [0.29, 0.717) is 18.5 Å². The van der Waals surface area contributed by atoms with Gasteiger partial charge in [0.15, 0.2) is 0 Å². The highest BCUT2D eigenvalue weighted by Gasteiger charge is 2.51. The maximum absolute atomic E-state index is 12.7. The normalized spacial score (nSPS) is 29.3. The van der Waals surface area contributed by atoms with Crippen LogP contribution in [0.15, 0.2) is 6.20 Å². The first-order chi connectivity index (χ1) is 13.3. The molecule has 3 heterocycles. The van der Waals surface area contributed by atoms with Gasteiger partial charge in [-0.05, 0) is 57.5 Å². The number of nitrogens with one attached hydrogen (secondary N) is 1. The molecule has 2 aliphatic heterocycles. The molecule has 2 saturated heterocycles. The molecular weight excluding hydrogens is 373 g/mol. The van der Waals surface area contributed by atoms with Crippen LogP contribution in [0.2, 0.25) is 0 Å². The summed E-state index contributed by atoms with van der Waals surface area (Å²) in [6.45, 7) is 5.54. The van der Waals surface area contributed by atoms with Crippen LogP contribution in [0.5, 0.6) is 0 Å². The molecule has 1 aliphatic carbocycles. The number of carbonyl (C=O) groups excluding carboxylic acids is 1. The van der Waals surface area contributed by atoms with Gasteiger partial charge in [0, 0.05) is 25.0 Å². The lowest BCUT2D eigenvalue weighted by Gasteiger charge is -2.51. The fourth-order valence-corrected chi connectivity index (χ4v) is 5.06. The Labute approximate surface area is 162 Å². The predicted octanol–water partition coefficient (Wildman–Crippen LogP) is 3.62. The Balaban J connectivity index is 1.25. The first-order valence-electron chi connectivity index (χ1n) is 10.1. The predicted molar refractivity (Wildman–Crippen MR) is 95.8 cm³/mol. The molecule has 1 spiro atoms. The van der Waals surface area contributed by atoms with Gasteiger partial charge in [-0.25, -0.2) is 9.78 Å². The number of amides is 1. The minimum atomic E-state index is -4.37. The Kier molecular flexibility index (Phi) is 5.05. The van der Waals surface area contributed by atoms with Gasteiger partial charge < -0.3 is 19.5 Å². The zero-order valence-corrected chi connectivity index (χ0v) is 16.1. The number of alkyl halides is 3. The second kappa shape index (κ2) is 7.24. The summed E-state index contributed by atoms with van der Waals surface area (Å²) in [5.41, 5.74) is -0.532. The lowest BCUT2D eigenvalue weighted by atomic mass is 9.64. The zero-order chi connectivity index (χ0) is 19.9. The standard InChI is InChI=1S/C19H27F3N4O2/c1-2-28-17(27)26-8-5-18(12-26)9-14(10-18)25-6-3-13(4-7-25)16-23-11-15(24-16)19(20,21)22/h11,13-14H,2-10,12H2,1H3,(H,23,24). The molecule has 0 aromatic carbocycles. The van der Waals surface area contributed by atoms with Crippen molar-refractivity contribution in [2.45, 2.75) is 57.2 Å². The molecule has 1 aromatic heterocycles. The van der Waals surface area contributed by atoms with E-state index in [1.54, 1.807) is 0 Å². The average molecular weight is 400 g/mol. The highest BCUT2D eigenvalue weighted by Crippen LogP contribution is 2.51. The molecular formula is C19H27F3N4O2. The SMILES string of the molecule is CCOC(=O)N1CCC2(CC(N3CCC(c4ncc(C(F)(F)F)[nH]4)CC3)C2)C1. The van der Waals surface area contributed by atoms with Gasteiger partial charge in [-0.2, -0.15) is 13.2 Å². The van der Waals surface area contributed by atoms with E-state index in [9.17, 15) is 18.0 Å². The molecule has 6 nitrogen and oxygen atoms in total. The second-order valence-corrected chi connectivity index (χ2v) is 8.42. The van der Waals surface area contributed by atoms with E-state index >= 15 is 0 Å². The van der Waals surface area contributed by atoms with Crippen molar-refractivity contribution in [1.29, 1.82) is 0 Å². The van der Waals surface area contributed by atoms with Gasteiger partial charge in [-0.1, -0.05) is 0 Å². The van der Waals surface area contributed by atoms with E-state index in [2.05, 4.69) is 14.9 Å². The number of rotatable bonds is 3. The van der Waals surface area contributed by atoms with Crippen molar-refractivity contribution in [1.82, 2.24) is 19.8 Å². The summed E-state index contributed by atoms with van der Waals surface area (Å²) >= 11 is 0. The summed E-state index contributed by atoms with van der Waals surface area (Å²) in [4.78, 5) is 22.6. The second-order valence-electron chi connectivity index (χ2n) is 8.42. The number of hydrogen-bond acceptors (Lipinski definition) is 4. The van der Waals surface area contributed by atoms with Crippen molar-refractivity contribution in [3.05, 3.63) is 17.7 Å². The summed E-state index contributed by atoms with van der Waals surface area (Å²) < 4.78 is 43.3. The summed E-state index contributed by atoms with van der Waals surface area (Å²) in [6.07, 6.45) is 1.18. The number of aromatic nitrogens is 2. The van der Waals surface area contributed by atoms with Gasteiger partial charge in [0.25, 0.3) is 0 Å². The minimum Gasteiger partial charge on any atom is -0.450 e. The number of carbonyl (C=O) groups is 1. The molecule has 3 fully saturated rings. The third-order valence-corrected chi connectivity index (χ3v) is 6.64. The van der Waals surface area contributed by atoms with Crippen molar-refractivity contribution in [2.24, 2.45) is 5.41 Å². The Hall–Kier alpha value is -1.77. The lowest BCUT2D eigenvalue weighted by Crippen LogP contribution is -2.54. The fraction of sp³-hybridized carbons (Fsp3) is 0.789. The van der Waals surface area contributed by atoms with Crippen LogP contribution in [-0.2, 0) is 10.9 Å². The van der Waals surface area contributed by atoms with Crippen molar-refractivity contribution in [3.8, 4) is 0 Å². The van der Waals surface area contributed by atoms with E-state index in [1.165, 1.54) is 0 Å². The first kappa shape index (κ1) is 19.5. The minimum absolute atomic E-state index is 0.0622. The molecule has 1 N–H and O–H groups in total. The number of hydrogen-bond donors (Lipinski definition) is 1. The molecule has 0 bridgehead atoms. The average Bonchev–Trinajstić information content (AvgIpc) is 3.28. The molecule has 0 unspecified atom stereocenters. The third-order valence-electron chi connectivity index (χ3n) is 6.64. The van der Waals surface area contributed by atoms with Gasteiger partial charge in [-0.15, -0.1) is 0 Å². The fourth-order valence-electron chi connectivity index (χ4n) is 5.06. The number of nitrogens with zero attached hydrogens (tertiary/aromatic N) is 3. The van der Waals surface area contributed by atoms with Crippen LogP contribution in [0.3, 0.4) is 0 Å².